The number of amides is 3. The lowest BCUT2D eigenvalue weighted by molar-refractivity contribution is -0.162. The monoisotopic (exact) mass is 862 g/mol. The molecule has 4 bridgehead atoms. The molecule has 2 fully saturated rings. The number of aliphatic hydroxyl groups is 1. The summed E-state index contributed by atoms with van der Waals surface area (Å²) in [6, 6.07) is 2.86. The minimum absolute atomic E-state index is 0.0646. The predicted molar refractivity (Wildman–Crippen MR) is 229 cm³/mol. The van der Waals surface area contributed by atoms with Crippen molar-refractivity contribution in [3.8, 4) is 0 Å². The molecule has 4 rings (SSSR count). The second kappa shape index (κ2) is 19.8. The number of fused-ring (bicyclic) bond motifs is 5. The van der Waals surface area contributed by atoms with Crippen molar-refractivity contribution in [2.75, 3.05) is 31.3 Å². The smallest absolute Gasteiger partial charge is 0.409 e. The number of esters is 1. The molecule has 0 aliphatic carbocycles. The lowest BCUT2D eigenvalue weighted by Gasteiger charge is -2.41. The van der Waals surface area contributed by atoms with Gasteiger partial charge in [0.2, 0.25) is 11.8 Å². The number of hydrogen-bond donors (Lipinski definition) is 2. The van der Waals surface area contributed by atoms with Crippen LogP contribution in [0.5, 0.6) is 0 Å². The van der Waals surface area contributed by atoms with Crippen molar-refractivity contribution in [1.82, 2.24) is 10.2 Å². The Morgan fingerprint density at radius 1 is 1.28 bits per heavy atom. The fourth-order valence-electron chi connectivity index (χ4n) is 7.23. The molecule has 1 aromatic carbocycles. The highest BCUT2D eigenvalue weighted by Crippen LogP contribution is 2.49. The maximum Gasteiger partial charge on any atom is 0.409 e. The number of benzene rings is 1. The number of carbonyl (C=O) groups is 4. The van der Waals surface area contributed by atoms with E-state index in [9.17, 15) is 24.3 Å². The topological polar surface area (TPSA) is 187 Å². The van der Waals surface area contributed by atoms with Crippen molar-refractivity contribution in [3.63, 3.8) is 0 Å². The van der Waals surface area contributed by atoms with Gasteiger partial charge in [0.1, 0.15) is 29.6 Å². The summed E-state index contributed by atoms with van der Waals surface area (Å²) in [6.07, 6.45) is 4.27. The summed E-state index contributed by atoms with van der Waals surface area (Å²) in [5, 5.41) is 18.3. The van der Waals surface area contributed by atoms with Crippen LogP contribution in [-0.2, 0) is 35.0 Å². The van der Waals surface area contributed by atoms with Crippen LogP contribution < -0.4 is 10.2 Å². The van der Waals surface area contributed by atoms with E-state index in [1.165, 1.54) is 9.80 Å². The summed E-state index contributed by atoms with van der Waals surface area (Å²) in [5.41, 5.74) is 8.92. The molecule has 58 heavy (non-hydrogen) atoms. The van der Waals surface area contributed by atoms with Gasteiger partial charge in [-0.2, -0.15) is 0 Å². The molecular weight excluding hydrogens is 804 g/mol. The number of azide groups is 1. The number of epoxide rings is 1. The lowest BCUT2D eigenvalue weighted by Crippen LogP contribution is -2.60. The van der Waals surface area contributed by atoms with E-state index in [0.717, 1.165) is 28.9 Å². The van der Waals surface area contributed by atoms with Gasteiger partial charge in [0.05, 0.1) is 23.2 Å². The van der Waals surface area contributed by atoms with Crippen molar-refractivity contribution < 1.29 is 38.5 Å². The second-order valence-corrected chi connectivity index (χ2v) is 20.1. The van der Waals surface area contributed by atoms with E-state index in [0.29, 0.717) is 30.1 Å². The first-order chi connectivity index (χ1) is 27.1. The molecule has 2 saturated heterocycles. The van der Waals surface area contributed by atoms with Crippen molar-refractivity contribution in [3.05, 3.63) is 62.5 Å². The van der Waals surface area contributed by atoms with E-state index < -0.39 is 59.6 Å². The van der Waals surface area contributed by atoms with E-state index in [2.05, 4.69) is 29.2 Å². The largest absolute Gasteiger partial charge is 0.457 e. The van der Waals surface area contributed by atoms with Crippen LogP contribution in [0.4, 0.5) is 10.5 Å². The summed E-state index contributed by atoms with van der Waals surface area (Å²) in [4.78, 5) is 60.0. The van der Waals surface area contributed by atoms with Crippen LogP contribution in [0.2, 0.25) is 5.02 Å². The van der Waals surface area contributed by atoms with E-state index in [1.54, 1.807) is 49.5 Å². The van der Waals surface area contributed by atoms with E-state index in [1.807, 2.05) is 58.1 Å². The van der Waals surface area contributed by atoms with Crippen LogP contribution in [0.25, 0.3) is 10.4 Å². The second-order valence-electron chi connectivity index (χ2n) is 16.6. The van der Waals surface area contributed by atoms with Gasteiger partial charge in [-0.3, -0.25) is 14.9 Å². The molecule has 8 atom stereocenters. The van der Waals surface area contributed by atoms with Crippen molar-refractivity contribution in [2.45, 2.75) is 134 Å². The Morgan fingerprint density at radius 3 is 2.67 bits per heavy atom. The number of nitrogens with zero attached hydrogens (tertiary/aromatic N) is 5. The third kappa shape index (κ3) is 11.9. The Kier molecular flexibility index (Phi) is 16.1. The van der Waals surface area contributed by atoms with Crippen molar-refractivity contribution in [2.24, 2.45) is 17.0 Å². The zero-order valence-corrected chi connectivity index (χ0v) is 37.6. The van der Waals surface area contributed by atoms with Crippen LogP contribution in [0.3, 0.4) is 0 Å². The van der Waals surface area contributed by atoms with E-state index >= 15 is 0 Å². The molecule has 3 aliphatic heterocycles. The molecule has 3 amide bonds. The van der Waals surface area contributed by atoms with Crippen LogP contribution in [-0.4, -0.2) is 101 Å². The molecule has 3 aliphatic rings. The molecule has 0 spiro atoms. The number of hydrogen-bond acceptors (Lipinski definition) is 11. The fourth-order valence-corrected chi connectivity index (χ4v) is 10.1. The van der Waals surface area contributed by atoms with E-state index in [-0.39, 0.29) is 35.8 Å². The quantitative estimate of drug-likeness (QED) is 0.0396. The Hall–Kier alpha value is -3.40. The summed E-state index contributed by atoms with van der Waals surface area (Å²) < 4.78 is 17.9. The van der Waals surface area contributed by atoms with Gasteiger partial charge in [0.15, 0.2) is 0 Å². The number of carbonyl (C=O) groups excluding carboxylic acids is 4. The number of anilines is 1. The van der Waals surface area contributed by atoms with Gasteiger partial charge in [-0.15, -0.1) is 0 Å². The molecule has 2 N–H and O–H groups in total. The minimum atomic E-state index is -1.61. The van der Waals surface area contributed by atoms with Crippen LogP contribution >= 0.6 is 33.2 Å². The van der Waals surface area contributed by atoms with Gasteiger partial charge in [0, 0.05) is 60.7 Å². The Balaban J connectivity index is 1.58. The maximum atomic E-state index is 14.2. The van der Waals surface area contributed by atoms with Crippen molar-refractivity contribution >= 4 is 62.8 Å². The highest BCUT2D eigenvalue weighted by atomic mass is 35.5. The van der Waals surface area contributed by atoms with Gasteiger partial charge < -0.3 is 29.1 Å². The molecule has 0 unspecified atom stereocenters. The highest BCUT2D eigenvalue weighted by Gasteiger charge is 2.64. The van der Waals surface area contributed by atoms with E-state index in [4.69, 9.17) is 31.3 Å². The number of allylic oxidation sites excluding steroid dienone is 3. The Bertz CT molecular complexity index is 1820. The number of alkyl carbamates (subject to hydrolysis) is 1. The number of rotatable bonds is 12. The third-order valence-corrected chi connectivity index (χ3v) is 15.4. The molecule has 17 heteroatoms. The van der Waals surface area contributed by atoms with Crippen LogP contribution in [0.1, 0.15) is 91.7 Å². The first-order valence-electron chi connectivity index (χ1n) is 19.7. The number of aryl methyl sites for hydroxylation is 1. The minimum Gasteiger partial charge on any atom is -0.457 e. The Labute approximate surface area is 355 Å². The number of ether oxygens (including phenoxy) is 3. The number of halogens is 1. The SMILES string of the molecule is C/C1=C\C=C\[C@@H](C)[C@@]2(O)C[C@H](OC(=O)N2)[C@@H](C)[C@@H]2O[C@@]2(C)[C@@H](OC(=O)[C@H](C)N(C)C(=O)CCC(C)(C)SSCCCN=[N+]=[N-])CC(=O)N(C)c2cc(cc(C)c2Cl)C1. The number of nitrogens with one attached hydrogen (secondary N) is 1. The molecule has 1 aromatic rings. The molecule has 0 aromatic heterocycles. The standard InChI is InChI=1S/C41H59ClN6O8S2/c1-24-13-11-14-26(3)41(53)23-31(54-38(52)45-41)27(4)36-40(8,56-36)32(22-34(50)48(10)30-21-29(19-24)20-25(2)35(30)42)55-37(51)28(5)47(9)33(49)15-16-39(6,7)58-57-18-12-17-44-46-43/h11,13-14,20-21,26-28,31-32,36,53H,12,15-19,22-23H2,1-10H3,(H,45,52)/b14-11+,24-13+/t26-,27-,28+,31+,32+,36+,40+,41+/m1/s1. The average Bonchev–Trinajstić information content (AvgIpc) is 3.86. The fraction of sp³-hybridized carbons (Fsp3) is 0.659. The molecule has 14 nitrogen and oxygen atoms in total. The summed E-state index contributed by atoms with van der Waals surface area (Å²) in [6.45, 7) is 15.4. The van der Waals surface area contributed by atoms with Crippen LogP contribution in [0, 0.1) is 18.8 Å². The zero-order valence-electron chi connectivity index (χ0n) is 35.2. The summed E-state index contributed by atoms with van der Waals surface area (Å²) in [5.74, 6) is -1.46. The van der Waals surface area contributed by atoms with Crippen LogP contribution in [0.15, 0.2) is 41.0 Å². The molecular formula is C41H59ClN6O8S2. The van der Waals surface area contributed by atoms with Gasteiger partial charge in [-0.1, -0.05) is 82.0 Å². The zero-order chi connectivity index (χ0) is 43.2. The molecule has 0 radical (unpaired) electrons. The average molecular weight is 864 g/mol. The lowest BCUT2D eigenvalue weighted by atomic mass is 9.82. The normalized spacial score (nSPS) is 29.7. The highest BCUT2D eigenvalue weighted by molar-refractivity contribution is 8.77. The third-order valence-electron chi connectivity index (χ3n) is 11.4. The molecule has 0 saturated carbocycles. The van der Waals surface area contributed by atoms with Crippen molar-refractivity contribution in [1.29, 1.82) is 0 Å². The van der Waals surface area contributed by atoms with Gasteiger partial charge >= 0.3 is 12.1 Å². The maximum absolute atomic E-state index is 14.2. The summed E-state index contributed by atoms with van der Waals surface area (Å²) in [7, 11) is 6.51. The Morgan fingerprint density at radius 2 is 1.98 bits per heavy atom. The molecule has 320 valence electrons. The molecule has 3 heterocycles. The first kappa shape index (κ1) is 47.3. The summed E-state index contributed by atoms with van der Waals surface area (Å²) >= 11 is 6.80. The van der Waals surface area contributed by atoms with Gasteiger partial charge in [-0.05, 0) is 83.5 Å². The first-order valence-corrected chi connectivity index (χ1v) is 22.4. The van der Waals surface area contributed by atoms with Gasteiger partial charge in [0.25, 0.3) is 0 Å². The van der Waals surface area contributed by atoms with Gasteiger partial charge in [-0.25, -0.2) is 9.59 Å². The number of likely N-dealkylation sites (N-methyl/N-ethyl adjacent to an activating group) is 1. The predicted octanol–water partition coefficient (Wildman–Crippen LogP) is 8.08.